The Morgan fingerprint density at radius 2 is 2.06 bits per heavy atom. The summed E-state index contributed by atoms with van der Waals surface area (Å²) in [5.41, 5.74) is 1.80. The molecule has 0 radical (unpaired) electrons. The number of aromatic nitrogens is 1. The maximum Gasteiger partial charge on any atom is 0.131 e. The molecule has 0 bridgehead atoms. The predicted molar refractivity (Wildman–Crippen MR) is 73.2 cm³/mol. The molecule has 0 aliphatic heterocycles. The maximum atomic E-state index is 5.82. The average Bonchev–Trinajstić information content (AvgIpc) is 2.28. The van der Waals surface area contributed by atoms with Crippen LogP contribution in [0, 0.1) is 0 Å². The molecule has 0 saturated carbocycles. The Morgan fingerprint density at radius 3 is 2.76 bits per heavy atom. The van der Waals surface area contributed by atoms with E-state index in [0.29, 0.717) is 5.15 Å². The van der Waals surface area contributed by atoms with E-state index >= 15 is 0 Å². The molecule has 3 nitrogen and oxygen atoms in total. The standard InChI is InChI=1S/C12H10BrClN2O/c1-17-11-5-8(13)4-10(6-11)16-9-2-3-15-12(14)7-9/h2-7H,1H3,(H,15,16). The number of benzene rings is 1. The molecule has 1 aromatic heterocycles. The first-order valence-electron chi connectivity index (χ1n) is 4.90. The van der Waals surface area contributed by atoms with Crippen LogP contribution in [-0.2, 0) is 0 Å². The van der Waals surface area contributed by atoms with Gasteiger partial charge in [0, 0.05) is 28.1 Å². The average molecular weight is 314 g/mol. The molecule has 5 heteroatoms. The monoisotopic (exact) mass is 312 g/mol. The van der Waals surface area contributed by atoms with Gasteiger partial charge < -0.3 is 10.1 Å². The molecule has 0 unspecified atom stereocenters. The number of rotatable bonds is 3. The van der Waals surface area contributed by atoms with E-state index in [-0.39, 0.29) is 0 Å². The van der Waals surface area contributed by atoms with Crippen molar-refractivity contribution in [1.82, 2.24) is 4.98 Å². The molecule has 0 amide bonds. The third-order valence-electron chi connectivity index (χ3n) is 2.12. The van der Waals surface area contributed by atoms with Crippen molar-refractivity contribution in [2.24, 2.45) is 0 Å². The van der Waals surface area contributed by atoms with E-state index in [1.54, 1.807) is 19.4 Å². The van der Waals surface area contributed by atoms with Crippen LogP contribution in [0.4, 0.5) is 11.4 Å². The van der Waals surface area contributed by atoms with Crippen molar-refractivity contribution < 1.29 is 4.74 Å². The Morgan fingerprint density at radius 1 is 1.24 bits per heavy atom. The van der Waals surface area contributed by atoms with Crippen LogP contribution < -0.4 is 10.1 Å². The van der Waals surface area contributed by atoms with Crippen molar-refractivity contribution in [1.29, 1.82) is 0 Å². The molecule has 1 aromatic carbocycles. The van der Waals surface area contributed by atoms with Gasteiger partial charge >= 0.3 is 0 Å². The molecular formula is C12H10BrClN2O. The van der Waals surface area contributed by atoms with Gasteiger partial charge in [0.1, 0.15) is 10.9 Å². The summed E-state index contributed by atoms with van der Waals surface area (Å²) in [7, 11) is 1.63. The van der Waals surface area contributed by atoms with Crippen molar-refractivity contribution in [3.63, 3.8) is 0 Å². The first-order chi connectivity index (χ1) is 8.17. The Balaban J connectivity index is 2.26. The largest absolute Gasteiger partial charge is 0.497 e. The second-order valence-electron chi connectivity index (χ2n) is 3.37. The van der Waals surface area contributed by atoms with Crippen LogP contribution >= 0.6 is 27.5 Å². The maximum absolute atomic E-state index is 5.82. The fourth-order valence-corrected chi connectivity index (χ4v) is 2.05. The highest BCUT2D eigenvalue weighted by atomic mass is 79.9. The van der Waals surface area contributed by atoms with Gasteiger partial charge in [0.2, 0.25) is 0 Å². The molecule has 0 aliphatic carbocycles. The van der Waals surface area contributed by atoms with Gasteiger partial charge in [0.15, 0.2) is 0 Å². The second kappa shape index (κ2) is 5.38. The zero-order chi connectivity index (χ0) is 12.3. The topological polar surface area (TPSA) is 34.1 Å². The van der Waals surface area contributed by atoms with Gasteiger partial charge in [-0.1, -0.05) is 27.5 Å². The smallest absolute Gasteiger partial charge is 0.131 e. The first kappa shape index (κ1) is 12.2. The van der Waals surface area contributed by atoms with E-state index in [0.717, 1.165) is 21.6 Å². The molecular weight excluding hydrogens is 304 g/mol. The summed E-state index contributed by atoms with van der Waals surface area (Å²) in [5, 5.41) is 3.68. The SMILES string of the molecule is COc1cc(Br)cc(Nc2ccnc(Cl)c2)c1. The Labute approximate surface area is 113 Å². The zero-order valence-electron chi connectivity index (χ0n) is 9.08. The van der Waals surface area contributed by atoms with E-state index in [2.05, 4.69) is 26.2 Å². The van der Waals surface area contributed by atoms with Crippen LogP contribution in [0.2, 0.25) is 5.15 Å². The molecule has 88 valence electrons. The lowest BCUT2D eigenvalue weighted by Gasteiger charge is -2.09. The zero-order valence-corrected chi connectivity index (χ0v) is 11.4. The molecule has 17 heavy (non-hydrogen) atoms. The summed E-state index contributed by atoms with van der Waals surface area (Å²) in [5.74, 6) is 0.780. The lowest BCUT2D eigenvalue weighted by Crippen LogP contribution is -1.92. The molecule has 0 saturated heterocycles. The van der Waals surface area contributed by atoms with Gasteiger partial charge in [-0.05, 0) is 24.3 Å². The summed E-state index contributed by atoms with van der Waals surface area (Å²) < 4.78 is 6.13. The van der Waals surface area contributed by atoms with Gasteiger partial charge in [-0.15, -0.1) is 0 Å². The molecule has 2 rings (SSSR count). The van der Waals surface area contributed by atoms with Gasteiger partial charge in [-0.3, -0.25) is 0 Å². The van der Waals surface area contributed by atoms with Crippen LogP contribution in [0.25, 0.3) is 0 Å². The van der Waals surface area contributed by atoms with Crippen molar-refractivity contribution in [3.05, 3.63) is 46.2 Å². The number of pyridine rings is 1. The predicted octanol–water partition coefficient (Wildman–Crippen LogP) is 4.25. The summed E-state index contributed by atoms with van der Waals surface area (Å²) in [6, 6.07) is 9.36. The minimum atomic E-state index is 0.456. The fraction of sp³-hybridized carbons (Fsp3) is 0.0833. The van der Waals surface area contributed by atoms with E-state index in [1.165, 1.54) is 0 Å². The number of nitrogens with zero attached hydrogens (tertiary/aromatic N) is 1. The van der Waals surface area contributed by atoms with Gasteiger partial charge in [0.25, 0.3) is 0 Å². The summed E-state index contributed by atoms with van der Waals surface area (Å²) in [4.78, 5) is 3.92. The summed E-state index contributed by atoms with van der Waals surface area (Å²) >= 11 is 9.24. The highest BCUT2D eigenvalue weighted by Gasteiger charge is 2.01. The lowest BCUT2D eigenvalue weighted by atomic mass is 10.3. The van der Waals surface area contributed by atoms with Crippen LogP contribution in [0.15, 0.2) is 41.0 Å². The van der Waals surface area contributed by atoms with Crippen molar-refractivity contribution in [2.75, 3.05) is 12.4 Å². The van der Waals surface area contributed by atoms with Crippen LogP contribution in [-0.4, -0.2) is 12.1 Å². The minimum absolute atomic E-state index is 0.456. The van der Waals surface area contributed by atoms with Crippen LogP contribution in [0.3, 0.4) is 0 Å². The number of methoxy groups -OCH3 is 1. The number of ether oxygens (including phenoxy) is 1. The second-order valence-corrected chi connectivity index (χ2v) is 4.67. The quantitative estimate of drug-likeness (QED) is 0.860. The Kier molecular flexibility index (Phi) is 3.86. The molecule has 0 atom stereocenters. The number of hydrogen-bond donors (Lipinski definition) is 1. The molecule has 0 fully saturated rings. The fourth-order valence-electron chi connectivity index (χ4n) is 1.40. The molecule has 2 aromatic rings. The van der Waals surface area contributed by atoms with E-state index in [1.807, 2.05) is 24.3 Å². The summed E-state index contributed by atoms with van der Waals surface area (Å²) in [6.45, 7) is 0. The van der Waals surface area contributed by atoms with E-state index in [9.17, 15) is 0 Å². The van der Waals surface area contributed by atoms with Gasteiger partial charge in [-0.2, -0.15) is 0 Å². The molecule has 0 spiro atoms. The normalized spacial score (nSPS) is 10.1. The molecule has 0 aliphatic rings. The molecule has 1 heterocycles. The number of anilines is 2. The highest BCUT2D eigenvalue weighted by molar-refractivity contribution is 9.10. The Hall–Kier alpha value is -1.26. The third-order valence-corrected chi connectivity index (χ3v) is 2.79. The Bertz CT molecular complexity index is 534. The molecule has 1 N–H and O–H groups in total. The van der Waals surface area contributed by atoms with E-state index < -0.39 is 0 Å². The lowest BCUT2D eigenvalue weighted by molar-refractivity contribution is 0.415. The van der Waals surface area contributed by atoms with Crippen molar-refractivity contribution in [2.45, 2.75) is 0 Å². The van der Waals surface area contributed by atoms with Crippen LogP contribution in [0.1, 0.15) is 0 Å². The number of nitrogens with one attached hydrogen (secondary N) is 1. The van der Waals surface area contributed by atoms with Crippen LogP contribution in [0.5, 0.6) is 5.75 Å². The van der Waals surface area contributed by atoms with E-state index in [4.69, 9.17) is 16.3 Å². The van der Waals surface area contributed by atoms with Gasteiger partial charge in [-0.25, -0.2) is 4.98 Å². The van der Waals surface area contributed by atoms with Crippen molar-refractivity contribution >= 4 is 38.9 Å². The number of halogens is 2. The van der Waals surface area contributed by atoms with Gasteiger partial charge in [0.05, 0.1) is 7.11 Å². The number of hydrogen-bond acceptors (Lipinski definition) is 3. The summed E-state index contributed by atoms with van der Waals surface area (Å²) in [6.07, 6.45) is 1.65. The van der Waals surface area contributed by atoms with Crippen molar-refractivity contribution in [3.8, 4) is 5.75 Å². The highest BCUT2D eigenvalue weighted by Crippen LogP contribution is 2.27. The first-order valence-corrected chi connectivity index (χ1v) is 6.07. The third kappa shape index (κ3) is 3.35. The minimum Gasteiger partial charge on any atom is -0.497 e.